The average Bonchev–Trinajstić information content (AvgIpc) is 4.49. The van der Waals surface area contributed by atoms with Crippen molar-refractivity contribution in [3.8, 4) is 0 Å². The molecule has 0 bridgehead atoms. The number of carbonyl (C=O) groups excluding carboxylic acids is 9. The van der Waals surface area contributed by atoms with Crippen molar-refractivity contribution < 1.29 is 57.3 Å². The minimum absolute atomic E-state index is 0.0431. The maximum absolute atomic E-state index is 14.5. The number of anilines is 1. The Hall–Kier alpha value is -8.19. The Morgan fingerprint density at radius 3 is 2.39 bits per heavy atom. The van der Waals surface area contributed by atoms with E-state index in [1.807, 2.05) is 30.3 Å². The second kappa shape index (κ2) is 27.7. The predicted molar refractivity (Wildman–Crippen MR) is 303 cm³/mol. The van der Waals surface area contributed by atoms with Crippen molar-refractivity contribution in [1.82, 2.24) is 51.3 Å². The van der Waals surface area contributed by atoms with Crippen LogP contribution in [0.3, 0.4) is 0 Å². The summed E-state index contributed by atoms with van der Waals surface area (Å²) in [7, 11) is 0. The zero-order valence-corrected chi connectivity index (χ0v) is 47.0. The summed E-state index contributed by atoms with van der Waals surface area (Å²) in [6, 6.07) is 12.8. The summed E-state index contributed by atoms with van der Waals surface area (Å²) in [4.78, 5) is 128. The number of benzene rings is 3. The van der Waals surface area contributed by atoms with Crippen molar-refractivity contribution in [2.24, 2.45) is 5.73 Å². The van der Waals surface area contributed by atoms with Crippen molar-refractivity contribution >= 4 is 104 Å². The van der Waals surface area contributed by atoms with E-state index in [0.29, 0.717) is 66.2 Å². The Balaban J connectivity index is 0.730. The van der Waals surface area contributed by atoms with Crippen LogP contribution in [-0.2, 0) is 80.4 Å². The SMILES string of the molecule is NC(=O)[C@H](CCCC[n+]1cc(COCCOCCC(=O)Nc2cccc3c2CN(C2CCC(=O)NC2=O)C3=O)n[nH]1)NC(=O)C(Cc1c[nH]c2ccccc12)NC(=O)[C@@H]1CCCCN1C(=O)C(Cc1c[nH]c2cc(Cl)ccc12)NC(=O)CCl. The molecule has 0 radical (unpaired) electrons. The highest BCUT2D eigenvalue weighted by atomic mass is 35.5. The maximum atomic E-state index is 14.5. The molecule has 83 heavy (non-hydrogen) atoms. The second-order valence-electron chi connectivity index (χ2n) is 20.8. The number of aryl methyl sites for hydroxylation is 1. The molecule has 3 unspecified atom stereocenters. The van der Waals surface area contributed by atoms with Gasteiger partial charge in [0.1, 0.15) is 49.2 Å². The zero-order valence-electron chi connectivity index (χ0n) is 45.4. The standard InChI is InChI=1S/C57H65Cl2N13O11/c58-27-51(75)64-46(25-34-29-62-44-26-35(59)14-15-38(34)44)57(81)71-20-6-4-13-47(71)54(78)66-45(24-33-28-61-41-10-2-1-8-37(33)41)53(77)65-43(52(60)76)11-3-5-19-70-30-36(68-69-70)32-83-23-22-82-21-18-50(74)63-42-12-7-9-39-40(42)31-72(56(39)80)48-16-17-49(73)67-55(48)79/h1-2,7-10,12,14-15,26,28-30,43,45-48,61-62H,3-6,11,13,16-25,27,31-32H2,(H7,60,63,64,65,66,67,73,74,75,76,77,78,79)/p+1/t43-,45?,46?,47-,48?/m0/s1. The summed E-state index contributed by atoms with van der Waals surface area (Å²) in [5.41, 5.74) is 11.0. The van der Waals surface area contributed by atoms with Crippen molar-refractivity contribution in [3.05, 3.63) is 112 Å². The Bertz CT molecular complexity index is 3400. The van der Waals surface area contributed by atoms with E-state index in [0.717, 1.165) is 32.9 Å². The van der Waals surface area contributed by atoms with Gasteiger partial charge < -0.3 is 56.2 Å². The normalized spacial score (nSPS) is 17.2. The first-order valence-corrected chi connectivity index (χ1v) is 28.6. The van der Waals surface area contributed by atoms with Gasteiger partial charge in [0.2, 0.25) is 53.0 Å². The number of alkyl halides is 1. The molecule has 26 heteroatoms. The molecule has 9 rings (SSSR count). The molecule has 0 aliphatic carbocycles. The number of likely N-dealkylation sites (tertiary alicyclic amines) is 1. The van der Waals surface area contributed by atoms with Gasteiger partial charge in [-0.1, -0.05) is 47.1 Å². The highest BCUT2D eigenvalue weighted by Gasteiger charge is 2.41. The van der Waals surface area contributed by atoms with Gasteiger partial charge in [-0.25, -0.2) is 0 Å². The number of imide groups is 1. The third-order valence-electron chi connectivity index (χ3n) is 15.1. The van der Waals surface area contributed by atoms with Crippen LogP contribution >= 0.6 is 23.2 Å². The highest BCUT2D eigenvalue weighted by Crippen LogP contribution is 2.33. The van der Waals surface area contributed by atoms with Crippen LogP contribution in [0.5, 0.6) is 0 Å². The molecule has 3 aromatic heterocycles. The quantitative estimate of drug-likeness (QED) is 0.0156. The number of halogens is 2. The van der Waals surface area contributed by atoms with Gasteiger partial charge in [0.15, 0.2) is 6.20 Å². The second-order valence-corrected chi connectivity index (χ2v) is 21.5. The van der Waals surface area contributed by atoms with Gasteiger partial charge in [0.25, 0.3) is 5.91 Å². The topological polar surface area (TPSA) is 329 Å². The number of nitrogens with one attached hydrogen (secondary N) is 8. The summed E-state index contributed by atoms with van der Waals surface area (Å²) in [5, 5.41) is 23.0. The van der Waals surface area contributed by atoms with E-state index in [1.54, 1.807) is 53.6 Å². The van der Waals surface area contributed by atoms with Crippen LogP contribution in [0.15, 0.2) is 79.3 Å². The number of carbonyl (C=O) groups is 9. The van der Waals surface area contributed by atoms with E-state index < -0.39 is 65.7 Å². The molecule has 438 valence electrons. The lowest BCUT2D eigenvalue weighted by Crippen LogP contribution is -2.61. The molecule has 0 spiro atoms. The molecular formula is C57H66Cl2N13O11+. The number of hydrogen-bond donors (Lipinski definition) is 9. The van der Waals surface area contributed by atoms with Crippen LogP contribution in [0.1, 0.15) is 90.5 Å². The summed E-state index contributed by atoms with van der Waals surface area (Å²) in [6.45, 7) is 1.58. The van der Waals surface area contributed by atoms with E-state index >= 15 is 0 Å². The minimum atomic E-state index is -1.19. The van der Waals surface area contributed by atoms with Gasteiger partial charge >= 0.3 is 0 Å². The fourth-order valence-electron chi connectivity index (χ4n) is 10.9. The number of aromatic nitrogens is 5. The maximum Gasteiger partial charge on any atom is 0.255 e. The third kappa shape index (κ3) is 14.9. The number of piperidine rings is 2. The lowest BCUT2D eigenvalue weighted by atomic mass is 9.97. The van der Waals surface area contributed by atoms with Crippen molar-refractivity contribution in [2.75, 3.05) is 37.6 Å². The van der Waals surface area contributed by atoms with Crippen LogP contribution in [-0.4, -0.2) is 146 Å². The molecule has 6 heterocycles. The first-order valence-electron chi connectivity index (χ1n) is 27.7. The Kier molecular flexibility index (Phi) is 19.8. The number of primary amides is 1. The third-order valence-corrected chi connectivity index (χ3v) is 15.6. The molecule has 3 aromatic carbocycles. The number of nitrogens with two attached hydrogens (primary N) is 1. The van der Waals surface area contributed by atoms with E-state index in [2.05, 4.69) is 46.9 Å². The molecule has 9 amide bonds. The van der Waals surface area contributed by atoms with Gasteiger partial charge in [-0.15, -0.1) is 11.6 Å². The lowest BCUT2D eigenvalue weighted by molar-refractivity contribution is -0.754. The van der Waals surface area contributed by atoms with E-state index in [4.69, 9.17) is 38.4 Å². The Labute approximate surface area is 486 Å². The summed E-state index contributed by atoms with van der Waals surface area (Å²) >= 11 is 12.1. The summed E-state index contributed by atoms with van der Waals surface area (Å²) in [5.74, 6) is -4.90. The molecule has 10 N–H and O–H groups in total. The van der Waals surface area contributed by atoms with Gasteiger partial charge in [0, 0.05) is 93.5 Å². The number of fused-ring (bicyclic) bond motifs is 3. The predicted octanol–water partition coefficient (Wildman–Crippen LogP) is 2.85. The molecule has 0 saturated carbocycles. The number of aromatic amines is 3. The average molecular weight is 1180 g/mol. The van der Waals surface area contributed by atoms with E-state index in [-0.39, 0.29) is 102 Å². The number of H-pyrrole nitrogens is 3. The lowest BCUT2D eigenvalue weighted by Gasteiger charge is -2.37. The molecule has 3 aliphatic rings. The van der Waals surface area contributed by atoms with Gasteiger partial charge in [-0.3, -0.25) is 48.5 Å². The van der Waals surface area contributed by atoms with Crippen molar-refractivity contribution in [3.63, 3.8) is 0 Å². The Morgan fingerprint density at radius 1 is 0.819 bits per heavy atom. The van der Waals surface area contributed by atoms with Crippen LogP contribution in [0.25, 0.3) is 21.8 Å². The first kappa shape index (κ1) is 59.4. The highest BCUT2D eigenvalue weighted by molar-refractivity contribution is 6.31. The number of ether oxygens (including phenoxy) is 2. The number of unbranched alkanes of at least 4 members (excludes halogenated alkanes) is 1. The molecule has 2 saturated heterocycles. The monoisotopic (exact) mass is 1180 g/mol. The fourth-order valence-corrected chi connectivity index (χ4v) is 11.1. The molecule has 24 nitrogen and oxygen atoms in total. The molecule has 2 fully saturated rings. The fraction of sp³-hybridized carbons (Fsp3) is 0.421. The van der Waals surface area contributed by atoms with Crippen molar-refractivity contribution in [1.29, 1.82) is 0 Å². The summed E-state index contributed by atoms with van der Waals surface area (Å²) in [6.07, 6.45) is 8.65. The number of nitrogens with zero attached hydrogens (tertiary/aromatic N) is 4. The summed E-state index contributed by atoms with van der Waals surface area (Å²) < 4.78 is 13.1. The number of hydrogen-bond acceptors (Lipinski definition) is 12. The van der Waals surface area contributed by atoms with Crippen molar-refractivity contribution in [2.45, 2.75) is 121 Å². The van der Waals surface area contributed by atoms with E-state index in [1.165, 1.54) is 9.80 Å². The number of para-hydroxylation sites is 1. The molecule has 6 aromatic rings. The van der Waals surface area contributed by atoms with Crippen LogP contribution in [0.2, 0.25) is 5.02 Å². The van der Waals surface area contributed by atoms with Gasteiger partial charge in [0.05, 0.1) is 26.2 Å². The number of amides is 9. The zero-order chi connectivity index (χ0) is 58.6. The smallest absolute Gasteiger partial charge is 0.255 e. The first-order chi connectivity index (χ1) is 40.1. The molecular weight excluding hydrogens is 1110 g/mol. The molecule has 3 aliphatic heterocycles. The van der Waals surface area contributed by atoms with Gasteiger partial charge in [-0.2, -0.15) is 4.68 Å². The number of rotatable bonds is 27. The van der Waals surface area contributed by atoms with Crippen LogP contribution < -0.4 is 37.0 Å². The Morgan fingerprint density at radius 2 is 1.59 bits per heavy atom. The molecule has 5 atom stereocenters. The van der Waals surface area contributed by atoms with Crippen LogP contribution in [0, 0.1) is 0 Å². The van der Waals surface area contributed by atoms with Gasteiger partial charge in [-0.05, 0) is 86.4 Å². The van der Waals surface area contributed by atoms with Crippen LogP contribution in [0.4, 0.5) is 5.69 Å². The largest absolute Gasteiger partial charge is 0.379 e. The van der Waals surface area contributed by atoms with E-state index in [9.17, 15) is 43.2 Å². The minimum Gasteiger partial charge on any atom is -0.379 e.